The van der Waals surface area contributed by atoms with Gasteiger partial charge in [-0.15, -0.1) is 0 Å². The Morgan fingerprint density at radius 1 is 1.05 bits per heavy atom. The molecule has 1 aromatic heterocycles. The van der Waals surface area contributed by atoms with E-state index in [0.717, 1.165) is 16.9 Å². The third kappa shape index (κ3) is 5.63. The molecular formula is C27H30FN5O4. The molecule has 0 saturated heterocycles. The van der Waals surface area contributed by atoms with Gasteiger partial charge in [-0.25, -0.2) is 4.39 Å². The molecule has 194 valence electrons. The van der Waals surface area contributed by atoms with Crippen molar-refractivity contribution in [3.63, 3.8) is 0 Å². The molecule has 10 heteroatoms. The Kier molecular flexibility index (Phi) is 7.28. The van der Waals surface area contributed by atoms with Crippen LogP contribution in [0.5, 0.6) is 5.75 Å². The van der Waals surface area contributed by atoms with Crippen molar-refractivity contribution < 1.29 is 23.5 Å². The van der Waals surface area contributed by atoms with Crippen LogP contribution in [0, 0.1) is 5.82 Å². The summed E-state index contributed by atoms with van der Waals surface area (Å²) in [5.41, 5.74) is 0.696. The number of amides is 3. The molecule has 2 heterocycles. The smallest absolute Gasteiger partial charge is 0.272 e. The second-order valence-corrected chi connectivity index (χ2v) is 9.51. The van der Waals surface area contributed by atoms with Gasteiger partial charge in [0, 0.05) is 26.2 Å². The van der Waals surface area contributed by atoms with Gasteiger partial charge in [0.05, 0.1) is 12.6 Å². The van der Waals surface area contributed by atoms with Crippen LogP contribution in [-0.4, -0.2) is 51.1 Å². The van der Waals surface area contributed by atoms with Gasteiger partial charge in [-0.05, 0) is 56.2 Å². The highest BCUT2D eigenvalue weighted by Gasteiger charge is 2.46. The molecule has 0 spiro atoms. The monoisotopic (exact) mass is 507 g/mol. The lowest BCUT2D eigenvalue weighted by atomic mass is 9.96. The fourth-order valence-corrected chi connectivity index (χ4v) is 4.04. The molecular weight excluding hydrogens is 477 g/mol. The van der Waals surface area contributed by atoms with Gasteiger partial charge in [-0.3, -0.25) is 19.1 Å². The van der Waals surface area contributed by atoms with Crippen molar-refractivity contribution in [3.05, 3.63) is 82.9 Å². The number of fused-ring (bicyclic) bond motifs is 1. The fraction of sp³-hybridized carbons (Fsp3) is 0.333. The molecule has 1 aliphatic heterocycles. The third-order valence-electron chi connectivity index (χ3n) is 6.34. The average Bonchev–Trinajstić information content (AvgIpc) is 3.30. The molecule has 0 saturated carbocycles. The molecule has 3 amide bonds. The predicted octanol–water partition coefficient (Wildman–Crippen LogP) is 2.90. The minimum atomic E-state index is -1.23. The molecule has 0 aliphatic carbocycles. The highest BCUT2D eigenvalue weighted by atomic mass is 19.1. The van der Waals surface area contributed by atoms with E-state index in [-0.39, 0.29) is 48.9 Å². The Bertz CT molecular complexity index is 1300. The van der Waals surface area contributed by atoms with Crippen LogP contribution in [0.25, 0.3) is 0 Å². The maximum atomic E-state index is 13.1. The number of carbonyl (C=O) groups excluding carboxylic acids is 3. The van der Waals surface area contributed by atoms with Crippen molar-refractivity contribution in [1.29, 1.82) is 0 Å². The summed E-state index contributed by atoms with van der Waals surface area (Å²) in [4.78, 5) is 40.3. The van der Waals surface area contributed by atoms with Gasteiger partial charge < -0.3 is 20.3 Å². The number of carbonyl (C=O) groups is 3. The molecule has 1 atom stereocenters. The Labute approximate surface area is 214 Å². The fourth-order valence-electron chi connectivity index (χ4n) is 4.04. The largest absolute Gasteiger partial charge is 0.491 e. The van der Waals surface area contributed by atoms with Crippen LogP contribution in [0.2, 0.25) is 0 Å². The van der Waals surface area contributed by atoms with E-state index in [1.807, 2.05) is 38.1 Å². The normalized spacial score (nSPS) is 16.9. The van der Waals surface area contributed by atoms with Crippen LogP contribution in [0.15, 0.2) is 54.6 Å². The summed E-state index contributed by atoms with van der Waals surface area (Å²) in [6, 6.07) is 14.6. The van der Waals surface area contributed by atoms with Gasteiger partial charge in [0.25, 0.3) is 11.8 Å². The van der Waals surface area contributed by atoms with E-state index in [1.54, 1.807) is 26.1 Å². The Balaban J connectivity index is 1.41. The Morgan fingerprint density at radius 2 is 1.65 bits per heavy atom. The Hall–Kier alpha value is -4.21. The van der Waals surface area contributed by atoms with E-state index in [9.17, 15) is 18.8 Å². The van der Waals surface area contributed by atoms with Gasteiger partial charge in [-0.2, -0.15) is 5.10 Å². The number of benzene rings is 2. The summed E-state index contributed by atoms with van der Waals surface area (Å²) in [7, 11) is 1.54. The van der Waals surface area contributed by atoms with Crippen molar-refractivity contribution in [2.24, 2.45) is 0 Å². The zero-order valence-corrected chi connectivity index (χ0v) is 21.2. The number of rotatable bonds is 8. The van der Waals surface area contributed by atoms with E-state index < -0.39 is 17.4 Å². The molecule has 37 heavy (non-hydrogen) atoms. The quantitative estimate of drug-likeness (QED) is 0.488. The van der Waals surface area contributed by atoms with Gasteiger partial charge in [0.15, 0.2) is 5.69 Å². The lowest BCUT2D eigenvalue weighted by molar-refractivity contribution is -0.132. The van der Waals surface area contributed by atoms with Gasteiger partial charge in [-0.1, -0.05) is 24.3 Å². The lowest BCUT2D eigenvalue weighted by Crippen LogP contribution is -2.62. The predicted molar refractivity (Wildman–Crippen MR) is 134 cm³/mol. The summed E-state index contributed by atoms with van der Waals surface area (Å²) in [5.74, 6) is -0.843. The molecule has 2 aromatic carbocycles. The average molecular weight is 508 g/mol. The van der Waals surface area contributed by atoms with E-state index in [2.05, 4.69) is 15.7 Å². The van der Waals surface area contributed by atoms with Crippen LogP contribution in [0.1, 0.15) is 52.9 Å². The number of ether oxygens (including phenoxy) is 1. The van der Waals surface area contributed by atoms with Gasteiger partial charge in [0.2, 0.25) is 5.91 Å². The SMILES string of the molecule is CC(C)Oc1ccc(CNC(=O)c2cc3n(n2)C[C@@](C)(C(=O)NCc2ccc(F)cc2)N(C)C3=O)cc1. The topological polar surface area (TPSA) is 106 Å². The molecule has 0 bridgehead atoms. The molecule has 0 radical (unpaired) electrons. The molecule has 3 aromatic rings. The van der Waals surface area contributed by atoms with Crippen LogP contribution in [0.3, 0.4) is 0 Å². The Morgan fingerprint density at radius 3 is 2.27 bits per heavy atom. The highest BCUT2D eigenvalue weighted by Crippen LogP contribution is 2.26. The number of aromatic nitrogens is 2. The zero-order valence-electron chi connectivity index (χ0n) is 21.2. The number of nitrogens with one attached hydrogen (secondary N) is 2. The second kappa shape index (κ2) is 10.4. The van der Waals surface area contributed by atoms with Crippen molar-refractivity contribution in [1.82, 2.24) is 25.3 Å². The van der Waals surface area contributed by atoms with E-state index >= 15 is 0 Å². The van der Waals surface area contributed by atoms with Gasteiger partial charge in [0.1, 0.15) is 22.8 Å². The summed E-state index contributed by atoms with van der Waals surface area (Å²) in [5, 5.41) is 9.93. The third-order valence-corrected chi connectivity index (χ3v) is 6.34. The maximum Gasteiger partial charge on any atom is 0.272 e. The zero-order chi connectivity index (χ0) is 26.7. The molecule has 1 aliphatic rings. The number of hydrogen-bond donors (Lipinski definition) is 2. The standard InChI is InChI=1S/C27H30FN5O4/c1-17(2)37-21-11-7-19(8-12-21)14-29-24(34)22-13-23-25(35)32(4)27(3,16-33(23)31-22)26(36)30-15-18-5-9-20(28)10-6-18/h5-13,17H,14-16H2,1-4H3,(H,29,34)(H,30,36)/t27-/m0/s1. The first-order chi connectivity index (χ1) is 17.6. The first kappa shape index (κ1) is 25.9. The minimum Gasteiger partial charge on any atom is -0.491 e. The molecule has 4 rings (SSSR count). The number of nitrogens with zero attached hydrogens (tertiary/aromatic N) is 3. The first-order valence-corrected chi connectivity index (χ1v) is 12.0. The summed E-state index contributed by atoms with van der Waals surface area (Å²) in [6.45, 7) is 6.07. The highest BCUT2D eigenvalue weighted by molar-refractivity contribution is 6.01. The van der Waals surface area contributed by atoms with Crippen LogP contribution in [0.4, 0.5) is 4.39 Å². The number of likely N-dealkylation sites (N-methyl/N-ethyl adjacent to an activating group) is 1. The van der Waals surface area contributed by atoms with E-state index in [1.165, 1.54) is 27.8 Å². The first-order valence-electron chi connectivity index (χ1n) is 12.0. The van der Waals surface area contributed by atoms with Crippen molar-refractivity contribution in [2.45, 2.75) is 52.0 Å². The molecule has 0 fully saturated rings. The van der Waals surface area contributed by atoms with Gasteiger partial charge >= 0.3 is 0 Å². The van der Waals surface area contributed by atoms with E-state index in [4.69, 9.17) is 4.74 Å². The molecule has 0 unspecified atom stereocenters. The number of halogens is 1. The number of hydrogen-bond acceptors (Lipinski definition) is 5. The molecule has 9 nitrogen and oxygen atoms in total. The maximum absolute atomic E-state index is 13.1. The lowest BCUT2D eigenvalue weighted by Gasteiger charge is -2.40. The van der Waals surface area contributed by atoms with Crippen molar-refractivity contribution in [2.75, 3.05) is 7.05 Å². The van der Waals surface area contributed by atoms with Crippen LogP contribution < -0.4 is 15.4 Å². The summed E-state index contributed by atoms with van der Waals surface area (Å²) < 4.78 is 20.2. The van der Waals surface area contributed by atoms with Crippen molar-refractivity contribution >= 4 is 17.7 Å². The van der Waals surface area contributed by atoms with Crippen LogP contribution in [-0.2, 0) is 24.4 Å². The summed E-state index contributed by atoms with van der Waals surface area (Å²) >= 11 is 0. The van der Waals surface area contributed by atoms with E-state index in [0.29, 0.717) is 0 Å². The second-order valence-electron chi connectivity index (χ2n) is 9.51. The molecule has 2 N–H and O–H groups in total. The van der Waals surface area contributed by atoms with Crippen LogP contribution >= 0.6 is 0 Å². The summed E-state index contributed by atoms with van der Waals surface area (Å²) in [6.07, 6.45) is 0.0713. The van der Waals surface area contributed by atoms with Crippen molar-refractivity contribution in [3.8, 4) is 5.75 Å². The minimum absolute atomic E-state index is 0.0713.